The molecule has 1 aromatic heterocycles. The fourth-order valence-corrected chi connectivity index (χ4v) is 2.08. The number of aliphatic hydroxyl groups excluding tert-OH is 1. The van der Waals surface area contributed by atoms with Crippen molar-refractivity contribution in [2.45, 2.75) is 6.10 Å². The number of H-pyrrole nitrogens is 1. The number of benzene rings is 1. The third-order valence-corrected chi connectivity index (χ3v) is 3.10. The van der Waals surface area contributed by atoms with Crippen LogP contribution in [0.3, 0.4) is 0 Å². The third-order valence-electron chi connectivity index (χ3n) is 3.10. The molecule has 1 unspecified atom stereocenters. The smallest absolute Gasteiger partial charge is 0.341 e. The standard InChI is InChI=1S/C13H11NO6/c15-4-6-5-19-10-1-7-9(2-11(10)20-6)14-3-8(12(7)16)13(17)18/h1-3,6,15H,4-5H2,(H,14,16)(H,17,18). The molecule has 3 rings (SSSR count). The Morgan fingerprint density at radius 3 is 2.90 bits per heavy atom. The number of rotatable bonds is 2. The minimum Gasteiger partial charge on any atom is -0.486 e. The number of nitrogens with one attached hydrogen (secondary N) is 1. The van der Waals surface area contributed by atoms with Crippen molar-refractivity contribution >= 4 is 16.9 Å². The van der Waals surface area contributed by atoms with Crippen molar-refractivity contribution in [2.24, 2.45) is 0 Å². The normalized spacial score (nSPS) is 17.1. The first-order valence-electron chi connectivity index (χ1n) is 5.93. The number of hydrogen-bond donors (Lipinski definition) is 3. The lowest BCUT2D eigenvalue weighted by Crippen LogP contribution is -2.32. The van der Waals surface area contributed by atoms with Crippen molar-refractivity contribution < 1.29 is 24.5 Å². The third kappa shape index (κ3) is 1.88. The number of aliphatic hydroxyl groups is 1. The lowest BCUT2D eigenvalue weighted by Gasteiger charge is -2.25. The summed E-state index contributed by atoms with van der Waals surface area (Å²) >= 11 is 0. The van der Waals surface area contributed by atoms with Gasteiger partial charge in [-0.25, -0.2) is 4.79 Å². The quantitative estimate of drug-likeness (QED) is 0.731. The van der Waals surface area contributed by atoms with E-state index in [1.807, 2.05) is 0 Å². The minimum atomic E-state index is -1.29. The largest absolute Gasteiger partial charge is 0.486 e. The van der Waals surface area contributed by atoms with Crippen LogP contribution in [0.4, 0.5) is 0 Å². The number of pyridine rings is 1. The lowest BCUT2D eigenvalue weighted by molar-refractivity contribution is 0.0459. The van der Waals surface area contributed by atoms with E-state index in [0.29, 0.717) is 17.0 Å². The Hall–Kier alpha value is -2.54. The Morgan fingerprint density at radius 1 is 1.40 bits per heavy atom. The van der Waals surface area contributed by atoms with E-state index in [1.165, 1.54) is 6.07 Å². The van der Waals surface area contributed by atoms with Gasteiger partial charge in [-0.1, -0.05) is 0 Å². The number of hydrogen-bond acceptors (Lipinski definition) is 5. The second-order valence-electron chi connectivity index (χ2n) is 4.41. The van der Waals surface area contributed by atoms with Gasteiger partial charge in [0, 0.05) is 12.3 Å². The van der Waals surface area contributed by atoms with Crippen LogP contribution in [-0.4, -0.2) is 40.5 Å². The molecule has 3 N–H and O–H groups in total. The van der Waals surface area contributed by atoms with E-state index in [2.05, 4.69) is 4.98 Å². The van der Waals surface area contributed by atoms with E-state index in [1.54, 1.807) is 6.07 Å². The summed E-state index contributed by atoms with van der Waals surface area (Å²) < 4.78 is 10.9. The maximum atomic E-state index is 12.0. The van der Waals surface area contributed by atoms with Gasteiger partial charge in [0.05, 0.1) is 17.5 Å². The minimum absolute atomic E-state index is 0.172. The topological polar surface area (TPSA) is 109 Å². The van der Waals surface area contributed by atoms with Crippen LogP contribution >= 0.6 is 0 Å². The molecule has 0 radical (unpaired) electrons. The molecule has 0 fully saturated rings. The van der Waals surface area contributed by atoms with Crippen LogP contribution in [0.5, 0.6) is 11.5 Å². The number of aromatic carboxylic acids is 1. The Bertz CT molecular complexity index is 750. The lowest BCUT2D eigenvalue weighted by atomic mass is 10.1. The molecule has 7 heteroatoms. The highest BCUT2D eigenvalue weighted by atomic mass is 16.6. The molecule has 20 heavy (non-hydrogen) atoms. The van der Waals surface area contributed by atoms with Gasteiger partial charge < -0.3 is 24.7 Å². The molecule has 2 aromatic rings. The number of aromatic nitrogens is 1. The molecule has 0 amide bonds. The molecule has 1 aromatic carbocycles. The van der Waals surface area contributed by atoms with Gasteiger partial charge in [-0.2, -0.15) is 0 Å². The monoisotopic (exact) mass is 277 g/mol. The van der Waals surface area contributed by atoms with Crippen molar-refractivity contribution in [3.63, 3.8) is 0 Å². The van der Waals surface area contributed by atoms with Gasteiger partial charge in [0.2, 0.25) is 5.43 Å². The molecule has 104 valence electrons. The summed E-state index contributed by atoms with van der Waals surface area (Å²) in [4.78, 5) is 25.7. The molecule has 7 nitrogen and oxygen atoms in total. The SMILES string of the molecule is O=C(O)c1c[nH]c2cc3c(cc2c1=O)OCC(CO)O3. The Labute approximate surface area is 112 Å². The average molecular weight is 277 g/mol. The van der Waals surface area contributed by atoms with E-state index in [9.17, 15) is 9.59 Å². The molecular formula is C13H11NO6. The number of carboxylic acids is 1. The van der Waals surface area contributed by atoms with Crippen LogP contribution in [0.1, 0.15) is 10.4 Å². The van der Waals surface area contributed by atoms with Gasteiger partial charge in [0.1, 0.15) is 12.2 Å². The van der Waals surface area contributed by atoms with Gasteiger partial charge in [0.15, 0.2) is 17.6 Å². The molecule has 0 saturated heterocycles. The Balaban J connectivity index is 2.18. The van der Waals surface area contributed by atoms with Crippen LogP contribution in [0, 0.1) is 0 Å². The fraction of sp³-hybridized carbons (Fsp3) is 0.231. The Kier molecular flexibility index (Phi) is 2.83. The number of fused-ring (bicyclic) bond motifs is 2. The van der Waals surface area contributed by atoms with Crippen molar-refractivity contribution in [3.8, 4) is 11.5 Å². The van der Waals surface area contributed by atoms with Crippen LogP contribution in [-0.2, 0) is 0 Å². The maximum absolute atomic E-state index is 12.0. The van der Waals surface area contributed by atoms with E-state index in [-0.39, 0.29) is 24.2 Å². The van der Waals surface area contributed by atoms with Crippen LogP contribution in [0.2, 0.25) is 0 Å². The Morgan fingerprint density at radius 2 is 2.20 bits per heavy atom. The average Bonchev–Trinajstić information content (AvgIpc) is 2.45. The molecule has 2 heterocycles. The summed E-state index contributed by atoms with van der Waals surface area (Å²) in [6, 6.07) is 3.00. The summed E-state index contributed by atoms with van der Waals surface area (Å²) in [6.45, 7) is -0.00250. The summed E-state index contributed by atoms with van der Waals surface area (Å²) in [5.74, 6) is -0.528. The zero-order valence-electron chi connectivity index (χ0n) is 10.3. The van der Waals surface area contributed by atoms with Crippen molar-refractivity contribution in [1.82, 2.24) is 4.98 Å². The molecule has 1 aliphatic heterocycles. The zero-order chi connectivity index (χ0) is 14.3. The van der Waals surface area contributed by atoms with E-state index >= 15 is 0 Å². The number of carbonyl (C=O) groups is 1. The van der Waals surface area contributed by atoms with E-state index in [4.69, 9.17) is 19.7 Å². The number of carboxylic acid groups (broad SMARTS) is 1. The van der Waals surface area contributed by atoms with Crippen LogP contribution in [0.25, 0.3) is 10.9 Å². The van der Waals surface area contributed by atoms with E-state index in [0.717, 1.165) is 6.20 Å². The second kappa shape index (κ2) is 4.53. The highest BCUT2D eigenvalue weighted by Crippen LogP contribution is 2.34. The maximum Gasteiger partial charge on any atom is 0.341 e. The summed E-state index contributed by atoms with van der Waals surface area (Å²) in [7, 11) is 0. The van der Waals surface area contributed by atoms with Gasteiger partial charge in [-0.15, -0.1) is 0 Å². The molecule has 0 spiro atoms. The van der Waals surface area contributed by atoms with Crippen LogP contribution in [0.15, 0.2) is 23.1 Å². The first-order chi connectivity index (χ1) is 9.60. The molecule has 1 atom stereocenters. The van der Waals surface area contributed by atoms with Crippen molar-refractivity contribution in [1.29, 1.82) is 0 Å². The number of aromatic amines is 1. The first kappa shape index (κ1) is 12.5. The summed E-state index contributed by atoms with van der Waals surface area (Å²) in [6.07, 6.45) is 0.692. The van der Waals surface area contributed by atoms with Gasteiger partial charge >= 0.3 is 5.97 Å². The highest BCUT2D eigenvalue weighted by molar-refractivity contribution is 5.93. The van der Waals surface area contributed by atoms with Crippen LogP contribution < -0.4 is 14.9 Å². The molecule has 1 aliphatic rings. The second-order valence-corrected chi connectivity index (χ2v) is 4.41. The molecule has 0 bridgehead atoms. The predicted octanol–water partition coefficient (Wildman–Crippen LogP) is 0.358. The van der Waals surface area contributed by atoms with E-state index < -0.39 is 17.5 Å². The molecule has 0 saturated carbocycles. The zero-order valence-corrected chi connectivity index (χ0v) is 10.3. The number of ether oxygens (including phenoxy) is 2. The molecular weight excluding hydrogens is 266 g/mol. The van der Waals surface area contributed by atoms with Crippen molar-refractivity contribution in [3.05, 3.63) is 34.1 Å². The fourth-order valence-electron chi connectivity index (χ4n) is 2.08. The van der Waals surface area contributed by atoms with Gasteiger partial charge in [0.25, 0.3) is 0 Å². The van der Waals surface area contributed by atoms with Crippen molar-refractivity contribution in [2.75, 3.05) is 13.2 Å². The van der Waals surface area contributed by atoms with Gasteiger partial charge in [-0.05, 0) is 6.07 Å². The predicted molar refractivity (Wildman–Crippen MR) is 68.5 cm³/mol. The van der Waals surface area contributed by atoms with Gasteiger partial charge in [-0.3, -0.25) is 4.79 Å². The summed E-state index contributed by atoms with van der Waals surface area (Å²) in [5, 5.41) is 18.2. The molecule has 0 aliphatic carbocycles. The first-order valence-corrected chi connectivity index (χ1v) is 5.93. The summed E-state index contributed by atoms with van der Waals surface area (Å²) in [5.41, 5.74) is -0.467. The highest BCUT2D eigenvalue weighted by Gasteiger charge is 2.22.